The van der Waals surface area contributed by atoms with E-state index in [0.717, 1.165) is 24.3 Å². The van der Waals surface area contributed by atoms with Gasteiger partial charge >= 0.3 is 0 Å². The highest BCUT2D eigenvalue weighted by molar-refractivity contribution is 5.96. The van der Waals surface area contributed by atoms with Crippen molar-refractivity contribution in [3.8, 4) is 11.3 Å². The normalized spacial score (nSPS) is 21.9. The SMILES string of the molecule is CC[C@H]1O[C@@H](c2ccncc2CC(=O)c2ccc(F)c(-c3c(F)cc(C(C)(C)O)cc3F)n2)C[C@@H](N)[C@@H]1O. The lowest BCUT2D eigenvalue weighted by Crippen LogP contribution is -2.49. The van der Waals surface area contributed by atoms with Gasteiger partial charge in [-0.3, -0.25) is 9.78 Å². The van der Waals surface area contributed by atoms with Crippen molar-refractivity contribution < 1.29 is 32.9 Å². The van der Waals surface area contributed by atoms with Gasteiger partial charge in [0.2, 0.25) is 0 Å². The van der Waals surface area contributed by atoms with Gasteiger partial charge in [-0.1, -0.05) is 6.92 Å². The third-order valence-corrected chi connectivity index (χ3v) is 6.80. The molecule has 7 nitrogen and oxygen atoms in total. The van der Waals surface area contributed by atoms with Crippen LogP contribution in [0.1, 0.15) is 66.9 Å². The minimum Gasteiger partial charge on any atom is -0.389 e. The molecule has 4 N–H and O–H groups in total. The molecule has 4 atom stereocenters. The van der Waals surface area contributed by atoms with Gasteiger partial charge < -0.3 is 20.7 Å². The minimum atomic E-state index is -1.52. The average Bonchev–Trinajstić information content (AvgIpc) is 2.86. The Kier molecular flexibility index (Phi) is 7.98. The monoisotopic (exact) mass is 529 g/mol. The summed E-state index contributed by atoms with van der Waals surface area (Å²) in [6, 6.07) is 5.09. The fourth-order valence-electron chi connectivity index (χ4n) is 4.64. The highest BCUT2D eigenvalue weighted by Crippen LogP contribution is 2.35. The van der Waals surface area contributed by atoms with Crippen LogP contribution in [0.2, 0.25) is 0 Å². The summed E-state index contributed by atoms with van der Waals surface area (Å²) in [6.07, 6.45) is 2.03. The maximum atomic E-state index is 14.9. The lowest BCUT2D eigenvalue weighted by atomic mass is 9.89. The summed E-state index contributed by atoms with van der Waals surface area (Å²) in [5.74, 6) is -3.77. The van der Waals surface area contributed by atoms with Crippen molar-refractivity contribution in [2.75, 3.05) is 0 Å². The number of pyridine rings is 2. The largest absolute Gasteiger partial charge is 0.389 e. The summed E-state index contributed by atoms with van der Waals surface area (Å²) in [5, 5.41) is 20.4. The van der Waals surface area contributed by atoms with Gasteiger partial charge in [0.05, 0.1) is 29.5 Å². The van der Waals surface area contributed by atoms with E-state index >= 15 is 0 Å². The van der Waals surface area contributed by atoms with Crippen molar-refractivity contribution in [2.24, 2.45) is 5.73 Å². The molecule has 1 saturated heterocycles. The quantitative estimate of drug-likeness (QED) is 0.394. The summed E-state index contributed by atoms with van der Waals surface area (Å²) in [5.41, 5.74) is 4.20. The maximum absolute atomic E-state index is 14.9. The molecule has 4 rings (SSSR count). The number of nitrogens with two attached hydrogens (primary N) is 1. The number of carbonyl (C=O) groups excluding carboxylic acids is 1. The van der Waals surface area contributed by atoms with E-state index in [4.69, 9.17) is 10.5 Å². The number of rotatable bonds is 7. The minimum absolute atomic E-state index is 0.0320. The van der Waals surface area contributed by atoms with Gasteiger partial charge in [-0.15, -0.1) is 0 Å². The lowest BCUT2D eigenvalue weighted by molar-refractivity contribution is -0.129. The Hall–Kier alpha value is -3.18. The van der Waals surface area contributed by atoms with E-state index in [9.17, 15) is 28.2 Å². The highest BCUT2D eigenvalue weighted by atomic mass is 19.1. The third kappa shape index (κ3) is 5.63. The lowest BCUT2D eigenvalue weighted by Gasteiger charge is -2.38. The molecule has 0 aliphatic carbocycles. The highest BCUT2D eigenvalue weighted by Gasteiger charge is 2.36. The molecule has 3 heterocycles. The Labute approximate surface area is 218 Å². The van der Waals surface area contributed by atoms with Crippen molar-refractivity contribution in [3.63, 3.8) is 0 Å². The van der Waals surface area contributed by atoms with Gasteiger partial charge in [0.15, 0.2) is 5.78 Å². The topological polar surface area (TPSA) is 119 Å². The third-order valence-electron chi connectivity index (χ3n) is 6.80. The molecular formula is C28H30F3N3O4. The van der Waals surface area contributed by atoms with Crippen LogP contribution in [0.4, 0.5) is 13.2 Å². The van der Waals surface area contributed by atoms with E-state index in [1.165, 1.54) is 20.0 Å². The van der Waals surface area contributed by atoms with E-state index in [-0.39, 0.29) is 17.7 Å². The predicted molar refractivity (Wildman–Crippen MR) is 134 cm³/mol. The number of halogens is 3. The molecule has 202 valence electrons. The number of ketones is 1. The molecule has 0 unspecified atom stereocenters. The molecule has 0 amide bonds. The summed E-state index contributed by atoms with van der Waals surface area (Å²) < 4.78 is 50.5. The molecule has 1 aromatic carbocycles. The number of ether oxygens (including phenoxy) is 1. The molecule has 10 heteroatoms. The molecule has 38 heavy (non-hydrogen) atoms. The molecule has 1 fully saturated rings. The number of carbonyl (C=O) groups is 1. The first-order valence-corrected chi connectivity index (χ1v) is 12.3. The van der Waals surface area contributed by atoms with Crippen molar-refractivity contribution >= 4 is 5.78 Å². The van der Waals surface area contributed by atoms with Gasteiger partial charge in [0.1, 0.15) is 28.8 Å². The van der Waals surface area contributed by atoms with Crippen LogP contribution >= 0.6 is 0 Å². The van der Waals surface area contributed by atoms with E-state index in [1.54, 1.807) is 12.3 Å². The van der Waals surface area contributed by atoms with E-state index in [2.05, 4.69) is 9.97 Å². The fraction of sp³-hybridized carbons (Fsp3) is 0.393. The maximum Gasteiger partial charge on any atom is 0.185 e. The van der Waals surface area contributed by atoms with E-state index < -0.39 is 64.4 Å². The van der Waals surface area contributed by atoms with E-state index in [1.807, 2.05) is 6.92 Å². The first-order valence-electron chi connectivity index (χ1n) is 12.3. The van der Waals surface area contributed by atoms with Crippen LogP contribution in [0.5, 0.6) is 0 Å². The fourth-order valence-corrected chi connectivity index (χ4v) is 4.64. The zero-order valence-corrected chi connectivity index (χ0v) is 21.3. The van der Waals surface area contributed by atoms with Crippen LogP contribution in [0.25, 0.3) is 11.3 Å². The Morgan fingerprint density at radius 3 is 2.47 bits per heavy atom. The Morgan fingerprint density at radius 1 is 1.16 bits per heavy atom. The molecule has 1 aliphatic rings. The van der Waals surface area contributed by atoms with Gasteiger partial charge in [0, 0.05) is 24.9 Å². The smallest absolute Gasteiger partial charge is 0.185 e. The van der Waals surface area contributed by atoms with Gasteiger partial charge in [0.25, 0.3) is 0 Å². The number of hydrogen-bond donors (Lipinski definition) is 3. The predicted octanol–water partition coefficient (Wildman–Crippen LogP) is 4.14. The molecule has 0 saturated carbocycles. The Bertz CT molecular complexity index is 1320. The molecule has 3 aromatic rings. The second kappa shape index (κ2) is 10.9. The summed E-state index contributed by atoms with van der Waals surface area (Å²) in [7, 11) is 0. The molecule has 0 bridgehead atoms. The molecular weight excluding hydrogens is 499 g/mol. The summed E-state index contributed by atoms with van der Waals surface area (Å²) >= 11 is 0. The molecule has 0 spiro atoms. The van der Waals surface area contributed by atoms with Crippen LogP contribution < -0.4 is 5.73 Å². The summed E-state index contributed by atoms with van der Waals surface area (Å²) in [6.45, 7) is 4.60. The van der Waals surface area contributed by atoms with Crippen molar-refractivity contribution in [3.05, 3.63) is 82.6 Å². The first kappa shape index (κ1) is 27.8. The van der Waals surface area contributed by atoms with Crippen LogP contribution in [-0.4, -0.2) is 44.2 Å². The number of aliphatic hydroxyl groups is 2. The van der Waals surface area contributed by atoms with Crippen LogP contribution in [0, 0.1) is 17.5 Å². The zero-order chi connectivity index (χ0) is 27.8. The van der Waals surface area contributed by atoms with Crippen molar-refractivity contribution in [1.29, 1.82) is 0 Å². The second-order valence-electron chi connectivity index (χ2n) is 10.0. The number of Topliss-reactive ketones (excluding diaryl/α,β-unsaturated/α-hetero) is 1. The number of benzene rings is 1. The Morgan fingerprint density at radius 2 is 1.84 bits per heavy atom. The van der Waals surface area contributed by atoms with Crippen LogP contribution in [0.3, 0.4) is 0 Å². The Balaban J connectivity index is 1.64. The number of hydrogen-bond acceptors (Lipinski definition) is 7. The van der Waals surface area contributed by atoms with Gasteiger partial charge in [-0.05, 0) is 73.7 Å². The van der Waals surface area contributed by atoms with E-state index in [0.29, 0.717) is 24.0 Å². The first-order chi connectivity index (χ1) is 17.9. The number of nitrogens with zero attached hydrogens (tertiary/aromatic N) is 2. The molecule has 1 aliphatic heterocycles. The van der Waals surface area contributed by atoms with Crippen molar-refractivity contribution in [1.82, 2.24) is 9.97 Å². The number of aromatic nitrogens is 2. The van der Waals surface area contributed by atoms with Gasteiger partial charge in [-0.2, -0.15) is 0 Å². The molecule has 0 radical (unpaired) electrons. The van der Waals surface area contributed by atoms with Crippen LogP contribution in [0.15, 0.2) is 42.7 Å². The van der Waals surface area contributed by atoms with Crippen LogP contribution in [-0.2, 0) is 16.8 Å². The zero-order valence-electron chi connectivity index (χ0n) is 21.3. The van der Waals surface area contributed by atoms with Gasteiger partial charge in [-0.25, -0.2) is 18.2 Å². The molecule has 2 aromatic heterocycles. The average molecular weight is 530 g/mol. The second-order valence-corrected chi connectivity index (χ2v) is 10.0. The van der Waals surface area contributed by atoms with Crippen molar-refractivity contribution in [2.45, 2.75) is 70.0 Å². The standard InChI is InChI=1S/C28H30F3N3O4/c1-4-23-27(36)20(32)12-24(38-23)16-7-8-33-13-14(16)9-22(35)21-6-5-17(29)26(34-21)25-18(30)10-15(11-19(25)31)28(2,3)37/h5-8,10-11,13,20,23-24,27,36-37H,4,9,12,32H2,1-3H3/t20-,23-,24-,27+/m1/s1. The number of aliphatic hydroxyl groups excluding tert-OH is 1. The summed E-state index contributed by atoms with van der Waals surface area (Å²) in [4.78, 5) is 21.3.